The number of hydrogen-bond acceptors (Lipinski definition) is 0. The molecule has 0 nitrogen and oxygen atoms in total. The van der Waals surface area contributed by atoms with Crippen molar-refractivity contribution in [1.82, 2.24) is 0 Å². The molecule has 0 aromatic carbocycles. The molecule has 17 heavy (non-hydrogen) atoms. The molecule has 3 rings (SSSR count). The van der Waals surface area contributed by atoms with Crippen molar-refractivity contribution in [3.63, 3.8) is 0 Å². The van der Waals surface area contributed by atoms with Gasteiger partial charge in [0.25, 0.3) is 0 Å². The molecule has 0 spiro atoms. The summed E-state index contributed by atoms with van der Waals surface area (Å²) in [7, 11) is 0. The standard InChI is InChI=1S/C17H30/c1-2-17(10-6-3-7-11-17)16-12-14-8-4-5-9-15(14)13-16/h14-16H,2-13H2,1H3. The molecule has 0 aromatic heterocycles. The van der Waals surface area contributed by atoms with Crippen LogP contribution >= 0.6 is 0 Å². The highest BCUT2D eigenvalue weighted by atomic mass is 14.5. The maximum Gasteiger partial charge on any atom is -0.0272 e. The molecule has 98 valence electrons. The average molecular weight is 234 g/mol. The van der Waals surface area contributed by atoms with E-state index in [4.69, 9.17) is 0 Å². The van der Waals surface area contributed by atoms with Crippen molar-refractivity contribution in [1.29, 1.82) is 0 Å². The zero-order valence-corrected chi connectivity index (χ0v) is 11.7. The van der Waals surface area contributed by atoms with Crippen LogP contribution in [0.4, 0.5) is 0 Å². The maximum atomic E-state index is 2.48. The molecule has 3 saturated carbocycles. The van der Waals surface area contributed by atoms with Gasteiger partial charge in [0.15, 0.2) is 0 Å². The predicted octanol–water partition coefficient (Wildman–Crippen LogP) is 5.56. The van der Waals surface area contributed by atoms with Crippen LogP contribution in [0, 0.1) is 23.2 Å². The Kier molecular flexibility index (Phi) is 3.50. The van der Waals surface area contributed by atoms with Crippen molar-refractivity contribution in [3.8, 4) is 0 Å². The first-order valence-corrected chi connectivity index (χ1v) is 8.34. The molecule has 0 N–H and O–H groups in total. The highest BCUT2D eigenvalue weighted by Gasteiger charge is 2.45. The highest BCUT2D eigenvalue weighted by molar-refractivity contribution is 4.96. The van der Waals surface area contributed by atoms with E-state index in [0.717, 1.165) is 23.2 Å². The SMILES string of the molecule is CCC1(C2CC3CCCCC3C2)CCCCC1. The summed E-state index contributed by atoms with van der Waals surface area (Å²) in [5, 5.41) is 0. The summed E-state index contributed by atoms with van der Waals surface area (Å²) in [6, 6.07) is 0. The van der Waals surface area contributed by atoms with Crippen LogP contribution in [-0.4, -0.2) is 0 Å². The molecule has 0 amide bonds. The lowest BCUT2D eigenvalue weighted by Crippen LogP contribution is -2.31. The summed E-state index contributed by atoms with van der Waals surface area (Å²) >= 11 is 0. The minimum atomic E-state index is 0.787. The van der Waals surface area contributed by atoms with Gasteiger partial charge in [-0.1, -0.05) is 58.3 Å². The normalized spacial score (nSPS) is 41.1. The first-order valence-electron chi connectivity index (χ1n) is 8.34. The van der Waals surface area contributed by atoms with Crippen molar-refractivity contribution in [2.24, 2.45) is 23.2 Å². The molecular formula is C17H30. The molecule has 2 unspecified atom stereocenters. The van der Waals surface area contributed by atoms with E-state index in [1.807, 2.05) is 0 Å². The van der Waals surface area contributed by atoms with Gasteiger partial charge in [-0.05, 0) is 48.9 Å². The molecular weight excluding hydrogens is 204 g/mol. The van der Waals surface area contributed by atoms with Crippen LogP contribution in [0.25, 0.3) is 0 Å². The molecule has 0 heterocycles. The quantitative estimate of drug-likeness (QED) is 0.586. The van der Waals surface area contributed by atoms with Crippen LogP contribution in [0.15, 0.2) is 0 Å². The van der Waals surface area contributed by atoms with Crippen molar-refractivity contribution >= 4 is 0 Å². The highest BCUT2D eigenvalue weighted by Crippen LogP contribution is 2.56. The van der Waals surface area contributed by atoms with Gasteiger partial charge in [0.1, 0.15) is 0 Å². The lowest BCUT2D eigenvalue weighted by molar-refractivity contribution is 0.0890. The Morgan fingerprint density at radius 2 is 1.41 bits per heavy atom. The van der Waals surface area contributed by atoms with E-state index in [1.54, 1.807) is 38.5 Å². The van der Waals surface area contributed by atoms with E-state index in [-0.39, 0.29) is 0 Å². The molecule has 0 saturated heterocycles. The van der Waals surface area contributed by atoms with E-state index in [1.165, 1.54) is 38.5 Å². The Hall–Kier alpha value is 0. The van der Waals surface area contributed by atoms with Crippen LogP contribution < -0.4 is 0 Å². The van der Waals surface area contributed by atoms with Gasteiger partial charge in [-0.15, -0.1) is 0 Å². The molecule has 3 aliphatic carbocycles. The van der Waals surface area contributed by atoms with Gasteiger partial charge in [-0.3, -0.25) is 0 Å². The molecule has 3 fully saturated rings. The van der Waals surface area contributed by atoms with E-state index in [0.29, 0.717) is 0 Å². The van der Waals surface area contributed by atoms with Gasteiger partial charge in [0, 0.05) is 0 Å². The third-order valence-electron chi connectivity index (χ3n) is 6.66. The summed E-state index contributed by atoms with van der Waals surface area (Å²) in [6.45, 7) is 2.48. The first-order chi connectivity index (χ1) is 8.34. The smallest absolute Gasteiger partial charge is 0.0272 e. The second-order valence-electron chi connectivity index (χ2n) is 7.25. The Labute approximate surface area is 108 Å². The van der Waals surface area contributed by atoms with E-state index < -0.39 is 0 Å². The fraction of sp³-hybridized carbons (Fsp3) is 1.00. The molecule has 0 aromatic rings. The fourth-order valence-corrected chi connectivity index (χ4v) is 5.54. The zero-order chi connectivity index (χ0) is 11.7. The lowest BCUT2D eigenvalue weighted by atomic mass is 9.63. The maximum absolute atomic E-state index is 2.48. The van der Waals surface area contributed by atoms with Crippen LogP contribution in [-0.2, 0) is 0 Å². The van der Waals surface area contributed by atoms with Crippen LogP contribution in [0.5, 0.6) is 0 Å². The first kappa shape index (κ1) is 12.1. The van der Waals surface area contributed by atoms with Crippen molar-refractivity contribution < 1.29 is 0 Å². The molecule has 0 radical (unpaired) electrons. The van der Waals surface area contributed by atoms with Crippen LogP contribution in [0.1, 0.15) is 84.0 Å². The van der Waals surface area contributed by atoms with Crippen LogP contribution in [0.3, 0.4) is 0 Å². The third-order valence-corrected chi connectivity index (χ3v) is 6.66. The molecule has 0 bridgehead atoms. The Bertz CT molecular complexity index is 235. The Balaban J connectivity index is 1.70. The summed E-state index contributed by atoms with van der Waals surface area (Å²) in [5.74, 6) is 3.39. The van der Waals surface area contributed by atoms with Crippen molar-refractivity contribution in [2.45, 2.75) is 84.0 Å². The van der Waals surface area contributed by atoms with Gasteiger partial charge in [-0.2, -0.15) is 0 Å². The zero-order valence-electron chi connectivity index (χ0n) is 11.7. The second kappa shape index (κ2) is 4.94. The van der Waals surface area contributed by atoms with E-state index in [9.17, 15) is 0 Å². The summed E-state index contributed by atoms with van der Waals surface area (Å²) in [6.07, 6.45) is 18.6. The minimum Gasteiger partial charge on any atom is -0.0648 e. The van der Waals surface area contributed by atoms with Gasteiger partial charge < -0.3 is 0 Å². The molecule has 2 atom stereocenters. The largest absolute Gasteiger partial charge is 0.0648 e. The Morgan fingerprint density at radius 3 is 1.94 bits per heavy atom. The van der Waals surface area contributed by atoms with Gasteiger partial charge in [0.05, 0.1) is 0 Å². The number of fused-ring (bicyclic) bond motifs is 1. The average Bonchev–Trinajstić information content (AvgIpc) is 2.84. The van der Waals surface area contributed by atoms with Gasteiger partial charge in [0.2, 0.25) is 0 Å². The van der Waals surface area contributed by atoms with E-state index >= 15 is 0 Å². The molecule has 0 heteroatoms. The molecule has 0 aliphatic heterocycles. The second-order valence-corrected chi connectivity index (χ2v) is 7.25. The van der Waals surface area contributed by atoms with E-state index in [2.05, 4.69) is 6.92 Å². The number of rotatable bonds is 2. The predicted molar refractivity (Wildman–Crippen MR) is 74.0 cm³/mol. The number of hydrogen-bond donors (Lipinski definition) is 0. The monoisotopic (exact) mass is 234 g/mol. The molecule has 3 aliphatic rings. The summed E-state index contributed by atoms with van der Waals surface area (Å²) < 4.78 is 0. The Morgan fingerprint density at radius 1 is 0.824 bits per heavy atom. The van der Waals surface area contributed by atoms with Crippen LogP contribution in [0.2, 0.25) is 0 Å². The topological polar surface area (TPSA) is 0 Å². The van der Waals surface area contributed by atoms with Crippen molar-refractivity contribution in [2.75, 3.05) is 0 Å². The van der Waals surface area contributed by atoms with Gasteiger partial charge >= 0.3 is 0 Å². The summed E-state index contributed by atoms with van der Waals surface area (Å²) in [5.41, 5.74) is 0.787. The minimum absolute atomic E-state index is 0.787. The fourth-order valence-electron chi connectivity index (χ4n) is 5.54. The van der Waals surface area contributed by atoms with Crippen molar-refractivity contribution in [3.05, 3.63) is 0 Å². The van der Waals surface area contributed by atoms with Gasteiger partial charge in [-0.25, -0.2) is 0 Å². The lowest BCUT2D eigenvalue weighted by Gasteiger charge is -2.42. The summed E-state index contributed by atoms with van der Waals surface area (Å²) in [4.78, 5) is 0. The third kappa shape index (κ3) is 2.17.